The second-order valence-electron chi connectivity index (χ2n) is 3.85. The number of anilines is 1. The van der Waals surface area contributed by atoms with Crippen LogP contribution in [0.2, 0.25) is 0 Å². The van der Waals surface area contributed by atoms with E-state index >= 15 is 0 Å². The van der Waals surface area contributed by atoms with E-state index in [2.05, 4.69) is 10.3 Å². The number of halogens is 1. The Kier molecular flexibility index (Phi) is 2.96. The van der Waals surface area contributed by atoms with Crippen molar-refractivity contribution in [2.75, 3.05) is 5.32 Å². The minimum absolute atomic E-state index is 0.417. The molecule has 0 radical (unpaired) electrons. The van der Waals surface area contributed by atoms with Gasteiger partial charge in [-0.1, -0.05) is 19.3 Å². The van der Waals surface area contributed by atoms with Crippen LogP contribution in [0.1, 0.15) is 32.1 Å². The van der Waals surface area contributed by atoms with Gasteiger partial charge in [-0.3, -0.25) is 0 Å². The molecule has 0 spiro atoms. The molecule has 76 valence electrons. The fourth-order valence-electron chi connectivity index (χ4n) is 1.94. The van der Waals surface area contributed by atoms with Gasteiger partial charge in [0.2, 0.25) is 5.95 Å². The fourth-order valence-corrected chi connectivity index (χ4v) is 1.94. The van der Waals surface area contributed by atoms with E-state index in [1.165, 1.54) is 38.2 Å². The van der Waals surface area contributed by atoms with Crippen molar-refractivity contribution in [2.24, 2.45) is 0 Å². The van der Waals surface area contributed by atoms with E-state index in [0.717, 1.165) is 5.69 Å². The average molecular weight is 194 g/mol. The summed E-state index contributed by atoms with van der Waals surface area (Å²) in [5.41, 5.74) is 0.929. The summed E-state index contributed by atoms with van der Waals surface area (Å²) < 4.78 is 12.5. The second-order valence-corrected chi connectivity index (χ2v) is 3.85. The molecule has 0 atom stereocenters. The van der Waals surface area contributed by atoms with Crippen LogP contribution >= 0.6 is 0 Å². The normalized spacial score (nSPS) is 18.1. The molecule has 1 aliphatic rings. The van der Waals surface area contributed by atoms with E-state index in [-0.39, 0.29) is 0 Å². The van der Waals surface area contributed by atoms with Gasteiger partial charge >= 0.3 is 0 Å². The number of aromatic nitrogens is 1. The zero-order chi connectivity index (χ0) is 9.80. The molecule has 1 aliphatic carbocycles. The lowest BCUT2D eigenvalue weighted by atomic mass is 9.95. The van der Waals surface area contributed by atoms with Gasteiger partial charge in [-0.25, -0.2) is 4.98 Å². The molecule has 3 heteroatoms. The maximum Gasteiger partial charge on any atom is 0.212 e. The minimum Gasteiger partial charge on any atom is -0.381 e. The number of pyridine rings is 1. The molecule has 0 bridgehead atoms. The van der Waals surface area contributed by atoms with Crippen molar-refractivity contribution < 1.29 is 4.39 Å². The van der Waals surface area contributed by atoms with Crippen molar-refractivity contribution >= 4 is 5.69 Å². The van der Waals surface area contributed by atoms with Crippen molar-refractivity contribution in [1.29, 1.82) is 0 Å². The Morgan fingerprint density at radius 1 is 1.21 bits per heavy atom. The van der Waals surface area contributed by atoms with Crippen LogP contribution in [-0.2, 0) is 0 Å². The average Bonchev–Trinajstić information content (AvgIpc) is 2.23. The van der Waals surface area contributed by atoms with Crippen LogP contribution in [0.4, 0.5) is 10.1 Å². The number of hydrogen-bond donors (Lipinski definition) is 1. The molecule has 0 aromatic carbocycles. The first-order valence-electron chi connectivity index (χ1n) is 5.23. The van der Waals surface area contributed by atoms with Crippen LogP contribution in [0, 0.1) is 5.95 Å². The van der Waals surface area contributed by atoms with E-state index in [1.807, 2.05) is 0 Å². The van der Waals surface area contributed by atoms with Crippen LogP contribution < -0.4 is 5.32 Å². The highest BCUT2D eigenvalue weighted by atomic mass is 19.1. The third kappa shape index (κ3) is 2.44. The Labute approximate surface area is 83.6 Å². The highest BCUT2D eigenvalue weighted by molar-refractivity contribution is 5.40. The van der Waals surface area contributed by atoms with E-state index in [1.54, 1.807) is 12.3 Å². The highest BCUT2D eigenvalue weighted by Gasteiger charge is 2.12. The molecule has 0 amide bonds. The van der Waals surface area contributed by atoms with E-state index in [0.29, 0.717) is 6.04 Å². The topological polar surface area (TPSA) is 24.9 Å². The first-order valence-corrected chi connectivity index (χ1v) is 5.23. The van der Waals surface area contributed by atoms with Crippen LogP contribution in [0.5, 0.6) is 0 Å². The predicted octanol–water partition coefficient (Wildman–Crippen LogP) is 2.97. The minimum atomic E-state index is -0.417. The Hall–Kier alpha value is -1.12. The smallest absolute Gasteiger partial charge is 0.212 e. The van der Waals surface area contributed by atoms with Gasteiger partial charge in [-0.2, -0.15) is 4.39 Å². The molecule has 0 saturated heterocycles. The summed E-state index contributed by atoms with van der Waals surface area (Å²) in [5, 5.41) is 3.38. The third-order valence-electron chi connectivity index (χ3n) is 2.70. The molecule has 0 aliphatic heterocycles. The Balaban J connectivity index is 1.92. The summed E-state index contributed by atoms with van der Waals surface area (Å²) in [6.07, 6.45) is 7.94. The van der Waals surface area contributed by atoms with Gasteiger partial charge in [0.1, 0.15) is 0 Å². The van der Waals surface area contributed by atoms with E-state index < -0.39 is 5.95 Å². The summed E-state index contributed by atoms with van der Waals surface area (Å²) >= 11 is 0. The summed E-state index contributed by atoms with van der Waals surface area (Å²) in [4.78, 5) is 3.62. The van der Waals surface area contributed by atoms with E-state index in [9.17, 15) is 4.39 Å². The quantitative estimate of drug-likeness (QED) is 0.732. The van der Waals surface area contributed by atoms with Gasteiger partial charge in [-0.15, -0.1) is 0 Å². The summed E-state index contributed by atoms with van der Waals surface area (Å²) in [7, 11) is 0. The molecular weight excluding hydrogens is 179 g/mol. The second kappa shape index (κ2) is 4.40. The molecule has 2 nitrogen and oxygen atoms in total. The summed E-state index contributed by atoms with van der Waals surface area (Å²) in [6.45, 7) is 0. The van der Waals surface area contributed by atoms with Crippen molar-refractivity contribution in [1.82, 2.24) is 4.98 Å². The molecule has 1 N–H and O–H groups in total. The van der Waals surface area contributed by atoms with Crippen molar-refractivity contribution in [3.05, 3.63) is 24.3 Å². The molecule has 1 aromatic rings. The highest BCUT2D eigenvalue weighted by Crippen LogP contribution is 2.21. The first-order chi connectivity index (χ1) is 6.84. The van der Waals surface area contributed by atoms with Crippen molar-refractivity contribution in [2.45, 2.75) is 38.1 Å². The van der Waals surface area contributed by atoms with Crippen LogP contribution in [-0.4, -0.2) is 11.0 Å². The maximum absolute atomic E-state index is 12.5. The molecule has 1 heterocycles. The van der Waals surface area contributed by atoms with Crippen molar-refractivity contribution in [3.8, 4) is 0 Å². The molecule has 2 rings (SSSR count). The lowest BCUT2D eigenvalue weighted by Crippen LogP contribution is -2.22. The van der Waals surface area contributed by atoms with Gasteiger partial charge in [0.25, 0.3) is 0 Å². The molecule has 0 unspecified atom stereocenters. The standard InChI is InChI=1S/C11H15FN2/c12-11-7-6-10(8-13-11)14-9-4-2-1-3-5-9/h6-9,14H,1-5H2. The first kappa shape index (κ1) is 9.44. The molecule has 1 aromatic heterocycles. The third-order valence-corrected chi connectivity index (χ3v) is 2.70. The Morgan fingerprint density at radius 2 is 2.00 bits per heavy atom. The summed E-state index contributed by atoms with van der Waals surface area (Å²) in [5.74, 6) is -0.417. The maximum atomic E-state index is 12.5. The van der Waals surface area contributed by atoms with Gasteiger partial charge in [0, 0.05) is 6.04 Å². The number of nitrogens with one attached hydrogen (secondary N) is 1. The van der Waals surface area contributed by atoms with E-state index in [4.69, 9.17) is 0 Å². The number of rotatable bonds is 2. The number of nitrogens with zero attached hydrogens (tertiary/aromatic N) is 1. The summed E-state index contributed by atoms with van der Waals surface area (Å²) in [6, 6.07) is 3.69. The lowest BCUT2D eigenvalue weighted by molar-refractivity contribution is 0.462. The number of hydrogen-bond acceptors (Lipinski definition) is 2. The van der Waals surface area contributed by atoms with Gasteiger partial charge in [0.05, 0.1) is 11.9 Å². The zero-order valence-corrected chi connectivity index (χ0v) is 8.17. The monoisotopic (exact) mass is 194 g/mol. The van der Waals surface area contributed by atoms with Crippen LogP contribution in [0.25, 0.3) is 0 Å². The fraction of sp³-hybridized carbons (Fsp3) is 0.545. The molecule has 14 heavy (non-hydrogen) atoms. The molecule has 1 saturated carbocycles. The van der Waals surface area contributed by atoms with Gasteiger partial charge in [0.15, 0.2) is 0 Å². The largest absolute Gasteiger partial charge is 0.381 e. The molecule has 1 fully saturated rings. The van der Waals surface area contributed by atoms with Gasteiger partial charge in [-0.05, 0) is 25.0 Å². The Bertz CT molecular complexity index is 278. The molecular formula is C11H15FN2. The van der Waals surface area contributed by atoms with Gasteiger partial charge < -0.3 is 5.32 Å². The SMILES string of the molecule is Fc1ccc(NC2CCCCC2)cn1. The Morgan fingerprint density at radius 3 is 2.64 bits per heavy atom. The van der Waals surface area contributed by atoms with Crippen LogP contribution in [0.3, 0.4) is 0 Å². The zero-order valence-electron chi connectivity index (χ0n) is 8.17. The van der Waals surface area contributed by atoms with Crippen molar-refractivity contribution in [3.63, 3.8) is 0 Å². The van der Waals surface area contributed by atoms with Crippen LogP contribution in [0.15, 0.2) is 18.3 Å². The predicted molar refractivity (Wildman–Crippen MR) is 54.7 cm³/mol. The lowest BCUT2D eigenvalue weighted by Gasteiger charge is -2.23.